The maximum atomic E-state index is 3.29. The zero-order valence-electron chi connectivity index (χ0n) is 10.2. The Balaban J connectivity index is 2.48. The number of thioether (sulfide) groups is 1. The van der Waals surface area contributed by atoms with Gasteiger partial charge in [-0.25, -0.2) is 0 Å². The third-order valence-electron chi connectivity index (χ3n) is 3.04. The van der Waals surface area contributed by atoms with Gasteiger partial charge in [0.05, 0.1) is 0 Å². The summed E-state index contributed by atoms with van der Waals surface area (Å²) in [6.45, 7) is 4.53. The Morgan fingerprint density at radius 1 is 1.44 bits per heavy atom. The highest BCUT2D eigenvalue weighted by molar-refractivity contribution is 7.98. The van der Waals surface area contributed by atoms with Crippen molar-refractivity contribution in [3.8, 4) is 0 Å². The van der Waals surface area contributed by atoms with E-state index in [1.54, 1.807) is 11.8 Å². The van der Waals surface area contributed by atoms with E-state index in [-0.39, 0.29) is 0 Å². The molecule has 85 valence electrons. The molecule has 0 spiro atoms. The summed E-state index contributed by atoms with van der Waals surface area (Å²) in [5.41, 5.74) is 1.34. The summed E-state index contributed by atoms with van der Waals surface area (Å²) < 4.78 is 2.38. The van der Waals surface area contributed by atoms with Crippen molar-refractivity contribution in [1.29, 1.82) is 0 Å². The molecule has 0 aliphatic carbocycles. The standard InChI is InChI=1S/C14H18NS/c1-4-6-11(2)15-10-9-12-13(15)7-5-8-14(12)16-3/h5,7,9-11H,4,6H2,1-3H3. The molecule has 1 aromatic heterocycles. The molecule has 0 amide bonds. The summed E-state index contributed by atoms with van der Waals surface area (Å²) in [6.07, 6.45) is 6.78. The summed E-state index contributed by atoms with van der Waals surface area (Å²) in [6, 6.07) is 10.3. The number of aromatic nitrogens is 1. The molecule has 0 saturated heterocycles. The van der Waals surface area contributed by atoms with Crippen LogP contribution in [0.3, 0.4) is 0 Å². The van der Waals surface area contributed by atoms with Crippen molar-refractivity contribution in [2.24, 2.45) is 0 Å². The third-order valence-corrected chi connectivity index (χ3v) is 3.79. The fourth-order valence-corrected chi connectivity index (χ4v) is 2.79. The summed E-state index contributed by atoms with van der Waals surface area (Å²) in [4.78, 5) is 1.25. The van der Waals surface area contributed by atoms with Crippen molar-refractivity contribution >= 4 is 22.7 Å². The second kappa shape index (κ2) is 4.96. The Labute approximate surface area is 102 Å². The van der Waals surface area contributed by atoms with Crippen molar-refractivity contribution in [1.82, 2.24) is 4.57 Å². The topological polar surface area (TPSA) is 4.93 Å². The lowest BCUT2D eigenvalue weighted by molar-refractivity contribution is 0.515. The van der Waals surface area contributed by atoms with Gasteiger partial charge in [-0.15, -0.1) is 11.8 Å². The van der Waals surface area contributed by atoms with E-state index in [9.17, 15) is 0 Å². The highest BCUT2D eigenvalue weighted by atomic mass is 32.2. The minimum Gasteiger partial charge on any atom is -0.345 e. The Kier molecular flexibility index (Phi) is 3.59. The lowest BCUT2D eigenvalue weighted by Gasteiger charge is -2.14. The minimum atomic E-state index is 0.583. The molecule has 2 heteroatoms. The first-order valence-electron chi connectivity index (χ1n) is 5.83. The molecule has 0 N–H and O–H groups in total. The van der Waals surface area contributed by atoms with E-state index in [2.05, 4.69) is 49.1 Å². The molecule has 2 aromatic rings. The molecule has 1 heterocycles. The molecule has 0 fully saturated rings. The van der Waals surface area contributed by atoms with Crippen LogP contribution < -0.4 is 0 Å². The van der Waals surface area contributed by atoms with Crippen LogP contribution in [0.15, 0.2) is 29.3 Å². The molecular weight excluding hydrogens is 214 g/mol. The largest absolute Gasteiger partial charge is 0.345 e. The van der Waals surface area contributed by atoms with E-state index in [4.69, 9.17) is 0 Å². The number of hydrogen-bond donors (Lipinski definition) is 0. The first kappa shape index (κ1) is 11.6. The highest BCUT2D eigenvalue weighted by Crippen LogP contribution is 2.29. The molecule has 1 unspecified atom stereocenters. The van der Waals surface area contributed by atoms with Crippen LogP contribution in [0.1, 0.15) is 32.7 Å². The van der Waals surface area contributed by atoms with Gasteiger partial charge in [0.1, 0.15) is 0 Å². The molecule has 1 atom stereocenters. The molecule has 0 bridgehead atoms. The average molecular weight is 232 g/mol. The Morgan fingerprint density at radius 3 is 2.94 bits per heavy atom. The van der Waals surface area contributed by atoms with E-state index in [0.717, 1.165) is 0 Å². The minimum absolute atomic E-state index is 0.583. The molecule has 2 rings (SSSR count). The SMILES string of the molecule is CCCC(C)n1ccc2c(SC)[c]ccc21. The van der Waals surface area contributed by atoms with E-state index >= 15 is 0 Å². The zero-order chi connectivity index (χ0) is 11.5. The summed E-state index contributed by atoms with van der Waals surface area (Å²) in [5, 5.41) is 1.33. The summed E-state index contributed by atoms with van der Waals surface area (Å²) in [7, 11) is 0. The molecule has 1 nitrogen and oxygen atoms in total. The predicted molar refractivity (Wildman–Crippen MR) is 72.2 cm³/mol. The van der Waals surface area contributed by atoms with Crippen LogP contribution in [0.5, 0.6) is 0 Å². The average Bonchev–Trinajstić information content (AvgIpc) is 2.72. The maximum absolute atomic E-state index is 3.29. The van der Waals surface area contributed by atoms with Gasteiger partial charge in [0.2, 0.25) is 0 Å². The number of nitrogens with zero attached hydrogens (tertiary/aromatic N) is 1. The number of rotatable bonds is 4. The van der Waals surface area contributed by atoms with Gasteiger partial charge in [0, 0.05) is 28.0 Å². The van der Waals surface area contributed by atoms with Crippen molar-refractivity contribution in [3.63, 3.8) is 0 Å². The van der Waals surface area contributed by atoms with Crippen LogP contribution >= 0.6 is 11.8 Å². The first-order valence-corrected chi connectivity index (χ1v) is 7.05. The van der Waals surface area contributed by atoms with Crippen molar-refractivity contribution in [2.45, 2.75) is 37.6 Å². The highest BCUT2D eigenvalue weighted by Gasteiger charge is 2.09. The number of hydrogen-bond acceptors (Lipinski definition) is 1. The fourth-order valence-electron chi connectivity index (χ4n) is 2.21. The van der Waals surface area contributed by atoms with Gasteiger partial charge >= 0.3 is 0 Å². The smallest absolute Gasteiger partial charge is 0.0494 e. The molecule has 0 aliphatic rings. The van der Waals surface area contributed by atoms with Gasteiger partial charge in [-0.2, -0.15) is 0 Å². The van der Waals surface area contributed by atoms with Crippen molar-refractivity contribution in [3.05, 3.63) is 30.5 Å². The van der Waals surface area contributed by atoms with Gasteiger partial charge in [-0.1, -0.05) is 19.4 Å². The van der Waals surface area contributed by atoms with E-state index in [0.29, 0.717) is 6.04 Å². The molecule has 1 aromatic carbocycles. The van der Waals surface area contributed by atoms with Gasteiger partial charge in [0.15, 0.2) is 0 Å². The molecule has 0 saturated carbocycles. The van der Waals surface area contributed by atoms with E-state index in [1.807, 2.05) is 6.07 Å². The monoisotopic (exact) mass is 232 g/mol. The second-order valence-corrected chi connectivity index (χ2v) is 4.99. The third kappa shape index (κ3) is 1.99. The number of fused-ring (bicyclic) bond motifs is 1. The van der Waals surface area contributed by atoms with Crippen LogP contribution in [0.4, 0.5) is 0 Å². The van der Waals surface area contributed by atoms with E-state index in [1.165, 1.54) is 28.6 Å². The normalized spacial score (nSPS) is 13.2. The van der Waals surface area contributed by atoms with Crippen LogP contribution in [0.2, 0.25) is 0 Å². The fraction of sp³-hybridized carbons (Fsp3) is 0.429. The second-order valence-electron chi connectivity index (χ2n) is 4.17. The van der Waals surface area contributed by atoms with Crippen LogP contribution in [-0.2, 0) is 0 Å². The quantitative estimate of drug-likeness (QED) is 0.701. The lowest BCUT2D eigenvalue weighted by atomic mass is 10.2. The van der Waals surface area contributed by atoms with Gasteiger partial charge in [0.25, 0.3) is 0 Å². The Hall–Kier alpha value is -0.890. The van der Waals surface area contributed by atoms with Crippen molar-refractivity contribution in [2.75, 3.05) is 6.26 Å². The molecular formula is C14H18NS. The summed E-state index contributed by atoms with van der Waals surface area (Å²) >= 11 is 1.77. The van der Waals surface area contributed by atoms with Crippen molar-refractivity contribution < 1.29 is 0 Å². The van der Waals surface area contributed by atoms with Crippen LogP contribution in [0.25, 0.3) is 10.9 Å². The predicted octanol–water partition coefficient (Wildman–Crippen LogP) is 4.52. The lowest BCUT2D eigenvalue weighted by Crippen LogP contribution is -2.02. The van der Waals surface area contributed by atoms with Gasteiger partial charge in [-0.05, 0) is 37.8 Å². The van der Waals surface area contributed by atoms with Crippen LogP contribution in [-0.4, -0.2) is 10.8 Å². The van der Waals surface area contributed by atoms with Gasteiger partial charge in [-0.3, -0.25) is 0 Å². The summed E-state index contributed by atoms with van der Waals surface area (Å²) in [5.74, 6) is 0. The molecule has 16 heavy (non-hydrogen) atoms. The Bertz CT molecular complexity index is 473. The van der Waals surface area contributed by atoms with E-state index < -0.39 is 0 Å². The van der Waals surface area contributed by atoms with Crippen LogP contribution in [0, 0.1) is 6.07 Å². The molecule has 1 radical (unpaired) electrons. The Morgan fingerprint density at radius 2 is 2.25 bits per heavy atom. The number of benzene rings is 1. The van der Waals surface area contributed by atoms with Gasteiger partial charge < -0.3 is 4.57 Å². The maximum Gasteiger partial charge on any atom is 0.0494 e. The zero-order valence-corrected chi connectivity index (χ0v) is 11.0. The molecule has 0 aliphatic heterocycles. The first-order chi connectivity index (χ1) is 7.77.